The number of ether oxygens (including phenoxy) is 1. The first-order chi connectivity index (χ1) is 8.72. The molecule has 1 unspecified atom stereocenters. The molecule has 0 saturated carbocycles. The minimum Gasteiger partial charge on any atom is -0.501 e. The molecule has 1 aromatic carbocycles. The van der Waals surface area contributed by atoms with Gasteiger partial charge in [0.2, 0.25) is 0 Å². The van der Waals surface area contributed by atoms with E-state index in [1.165, 1.54) is 14.7 Å². The Labute approximate surface area is 130 Å². The molecule has 1 aliphatic rings. The molecule has 2 nitrogen and oxygen atoms in total. The number of hydrogen-bond acceptors (Lipinski definition) is 2. The van der Waals surface area contributed by atoms with E-state index in [9.17, 15) is 0 Å². The summed E-state index contributed by atoms with van der Waals surface area (Å²) < 4.78 is 7.89. The van der Waals surface area contributed by atoms with Crippen LogP contribution in [0.5, 0.6) is 0 Å². The molecule has 0 bridgehead atoms. The van der Waals surface area contributed by atoms with E-state index in [1.807, 2.05) is 6.26 Å². The quantitative estimate of drug-likeness (QED) is 0.727. The van der Waals surface area contributed by atoms with Gasteiger partial charge in [-0.15, -0.1) is 0 Å². The van der Waals surface area contributed by atoms with E-state index in [0.717, 1.165) is 30.5 Å². The normalized spacial score (nSPS) is 16.9. The molecule has 0 radical (unpaired) electrons. The summed E-state index contributed by atoms with van der Waals surface area (Å²) in [5, 5.41) is 3.56. The third-order valence-corrected chi connectivity index (χ3v) is 4.49. The first kappa shape index (κ1) is 14.3. The molecule has 1 aliphatic heterocycles. The summed E-state index contributed by atoms with van der Waals surface area (Å²) in [7, 11) is 0. The fourth-order valence-electron chi connectivity index (χ4n) is 2.18. The highest BCUT2D eigenvalue weighted by atomic mass is 127. The Hall–Kier alpha value is -0.0700. The molecule has 0 amide bonds. The minimum absolute atomic E-state index is 0.264. The van der Waals surface area contributed by atoms with Crippen molar-refractivity contribution in [3.63, 3.8) is 0 Å². The lowest BCUT2D eigenvalue weighted by atomic mass is 9.95. The topological polar surface area (TPSA) is 21.3 Å². The van der Waals surface area contributed by atoms with Crippen LogP contribution in [0.25, 0.3) is 0 Å². The fraction of sp³-hybridized carbons (Fsp3) is 0.429. The van der Waals surface area contributed by atoms with Gasteiger partial charge in [-0.3, -0.25) is 0 Å². The summed E-state index contributed by atoms with van der Waals surface area (Å²) in [5.74, 6) is 0. The molecule has 1 aromatic rings. The van der Waals surface area contributed by atoms with Crippen LogP contribution in [0.2, 0.25) is 0 Å². The number of likely N-dealkylation sites (N-methyl/N-ethyl adjacent to an activating group) is 1. The Kier molecular flexibility index (Phi) is 5.51. The maximum Gasteiger partial charge on any atom is 0.0876 e. The Morgan fingerprint density at radius 2 is 2.33 bits per heavy atom. The third kappa shape index (κ3) is 3.48. The van der Waals surface area contributed by atoms with Crippen molar-refractivity contribution in [2.75, 3.05) is 13.2 Å². The van der Waals surface area contributed by atoms with E-state index in [0.29, 0.717) is 0 Å². The molecule has 1 heterocycles. The highest BCUT2D eigenvalue weighted by molar-refractivity contribution is 14.1. The maximum atomic E-state index is 5.48. The van der Waals surface area contributed by atoms with E-state index >= 15 is 0 Å². The second-order valence-corrected chi connectivity index (χ2v) is 6.40. The summed E-state index contributed by atoms with van der Waals surface area (Å²) in [5.41, 5.74) is 2.67. The van der Waals surface area contributed by atoms with Crippen molar-refractivity contribution < 1.29 is 4.74 Å². The zero-order valence-electron chi connectivity index (χ0n) is 10.4. The SMILES string of the molecule is CCNC(C1=COCCC1)c1cc(Br)ccc1I. The van der Waals surface area contributed by atoms with Gasteiger partial charge >= 0.3 is 0 Å². The Morgan fingerprint density at radius 3 is 3.00 bits per heavy atom. The van der Waals surface area contributed by atoms with Gasteiger partial charge in [-0.05, 0) is 71.3 Å². The van der Waals surface area contributed by atoms with Gasteiger partial charge in [0, 0.05) is 8.04 Å². The molecule has 1 N–H and O–H groups in total. The van der Waals surface area contributed by atoms with Gasteiger partial charge in [0.1, 0.15) is 0 Å². The first-order valence-electron chi connectivity index (χ1n) is 6.21. The van der Waals surface area contributed by atoms with Crippen molar-refractivity contribution in [3.8, 4) is 0 Å². The monoisotopic (exact) mass is 421 g/mol. The number of halogens is 2. The minimum atomic E-state index is 0.264. The largest absolute Gasteiger partial charge is 0.501 e. The van der Waals surface area contributed by atoms with E-state index in [2.05, 4.69) is 69.0 Å². The van der Waals surface area contributed by atoms with Crippen molar-refractivity contribution in [1.82, 2.24) is 5.32 Å². The lowest BCUT2D eigenvalue weighted by Crippen LogP contribution is -2.25. The molecule has 0 aromatic heterocycles. The van der Waals surface area contributed by atoms with Crippen molar-refractivity contribution in [3.05, 3.63) is 43.6 Å². The number of benzene rings is 1. The lowest BCUT2D eigenvalue weighted by molar-refractivity contribution is 0.219. The van der Waals surface area contributed by atoms with Crippen molar-refractivity contribution in [2.24, 2.45) is 0 Å². The second kappa shape index (κ2) is 6.91. The molecule has 98 valence electrons. The standard InChI is InChI=1S/C14H17BrINO/c1-2-17-14(10-4-3-7-18-9-10)12-8-11(15)5-6-13(12)16/h5-6,8-9,14,17H,2-4,7H2,1H3. The molecule has 2 rings (SSSR count). The zero-order chi connectivity index (χ0) is 13.0. The van der Waals surface area contributed by atoms with Gasteiger partial charge in [-0.25, -0.2) is 0 Å². The van der Waals surface area contributed by atoms with E-state index < -0.39 is 0 Å². The van der Waals surface area contributed by atoms with E-state index in [-0.39, 0.29) is 6.04 Å². The molecular weight excluding hydrogens is 405 g/mol. The molecule has 0 spiro atoms. The van der Waals surface area contributed by atoms with Gasteiger partial charge in [0.15, 0.2) is 0 Å². The van der Waals surface area contributed by atoms with Crippen LogP contribution >= 0.6 is 38.5 Å². The van der Waals surface area contributed by atoms with Crippen LogP contribution in [0.1, 0.15) is 31.4 Å². The number of rotatable bonds is 4. The van der Waals surface area contributed by atoms with Gasteiger partial charge in [-0.1, -0.05) is 22.9 Å². The van der Waals surface area contributed by atoms with Crippen molar-refractivity contribution in [2.45, 2.75) is 25.8 Å². The van der Waals surface area contributed by atoms with Gasteiger partial charge < -0.3 is 10.1 Å². The van der Waals surface area contributed by atoms with Gasteiger partial charge in [0.25, 0.3) is 0 Å². The molecule has 0 aliphatic carbocycles. The smallest absolute Gasteiger partial charge is 0.0876 e. The highest BCUT2D eigenvalue weighted by Gasteiger charge is 2.20. The highest BCUT2D eigenvalue weighted by Crippen LogP contribution is 2.32. The zero-order valence-corrected chi connectivity index (χ0v) is 14.1. The van der Waals surface area contributed by atoms with Crippen LogP contribution in [0, 0.1) is 3.57 Å². The predicted octanol–water partition coefficient (Wildman–Crippen LogP) is 4.40. The lowest BCUT2D eigenvalue weighted by Gasteiger charge is -2.25. The van der Waals surface area contributed by atoms with Crippen molar-refractivity contribution >= 4 is 38.5 Å². The first-order valence-corrected chi connectivity index (χ1v) is 8.08. The Morgan fingerprint density at radius 1 is 1.50 bits per heavy atom. The summed E-state index contributed by atoms with van der Waals surface area (Å²) in [6, 6.07) is 6.69. The van der Waals surface area contributed by atoms with Crippen molar-refractivity contribution in [1.29, 1.82) is 0 Å². The van der Waals surface area contributed by atoms with Gasteiger partial charge in [-0.2, -0.15) is 0 Å². The second-order valence-electron chi connectivity index (χ2n) is 4.32. The predicted molar refractivity (Wildman–Crippen MR) is 86.5 cm³/mol. The molecule has 0 fully saturated rings. The van der Waals surface area contributed by atoms with E-state index in [1.54, 1.807) is 0 Å². The van der Waals surface area contributed by atoms with Crippen LogP contribution in [-0.2, 0) is 4.74 Å². The maximum absolute atomic E-state index is 5.48. The van der Waals surface area contributed by atoms with Crippen LogP contribution in [0.4, 0.5) is 0 Å². The summed E-state index contributed by atoms with van der Waals surface area (Å²) in [4.78, 5) is 0. The van der Waals surface area contributed by atoms with E-state index in [4.69, 9.17) is 4.74 Å². The van der Waals surface area contributed by atoms with Crippen LogP contribution in [0.3, 0.4) is 0 Å². The summed E-state index contributed by atoms with van der Waals surface area (Å²) in [6.07, 6.45) is 4.16. The average Bonchev–Trinajstić information content (AvgIpc) is 2.40. The van der Waals surface area contributed by atoms with Crippen LogP contribution in [0.15, 0.2) is 34.5 Å². The molecule has 18 heavy (non-hydrogen) atoms. The summed E-state index contributed by atoms with van der Waals surface area (Å²) >= 11 is 5.96. The van der Waals surface area contributed by atoms with Crippen LogP contribution < -0.4 is 5.32 Å². The molecular formula is C14H17BrINO. The van der Waals surface area contributed by atoms with Crippen LogP contribution in [-0.4, -0.2) is 13.2 Å². The molecule has 1 atom stereocenters. The Balaban J connectivity index is 2.34. The van der Waals surface area contributed by atoms with Gasteiger partial charge in [0.05, 0.1) is 18.9 Å². The number of nitrogens with one attached hydrogen (secondary N) is 1. The molecule has 4 heteroatoms. The summed E-state index contributed by atoms with van der Waals surface area (Å²) in [6.45, 7) is 3.94. The third-order valence-electron chi connectivity index (χ3n) is 3.01. The fourth-order valence-corrected chi connectivity index (χ4v) is 3.20. The Bertz CT molecular complexity index is 447. The average molecular weight is 422 g/mol. The number of hydrogen-bond donors (Lipinski definition) is 1. The molecule has 0 saturated heterocycles.